The lowest BCUT2D eigenvalue weighted by atomic mass is 10.1. The molecular formula is C14H16FNO3. The van der Waals surface area contributed by atoms with E-state index in [4.69, 9.17) is 5.11 Å². The van der Waals surface area contributed by atoms with Gasteiger partial charge in [0.2, 0.25) is 0 Å². The smallest absolute Gasteiger partial charge is 0.305 e. The molecule has 1 fully saturated rings. The zero-order valence-corrected chi connectivity index (χ0v) is 10.6. The number of carbonyl (C=O) groups excluding carboxylic acids is 1. The van der Waals surface area contributed by atoms with E-state index < -0.39 is 23.7 Å². The zero-order chi connectivity index (χ0) is 14.0. The molecule has 2 rings (SSSR count). The Labute approximate surface area is 110 Å². The molecule has 0 spiro atoms. The predicted octanol–water partition coefficient (Wildman–Crippen LogP) is 2.12. The predicted molar refractivity (Wildman–Crippen MR) is 67.4 cm³/mol. The topological polar surface area (TPSA) is 66.4 Å². The molecule has 0 heterocycles. The number of carbonyl (C=O) groups is 2. The standard InChI is InChI=1S/C14H16FNO3/c1-8-3-2-4-10(13(8)15)14(19)16-11(7-12(17)18)9-5-6-9/h2-4,9,11H,5-7H2,1H3,(H,16,19)(H,17,18). The molecule has 0 radical (unpaired) electrons. The van der Waals surface area contributed by atoms with Crippen molar-refractivity contribution in [2.75, 3.05) is 0 Å². The third-order valence-electron chi connectivity index (χ3n) is 3.34. The minimum absolute atomic E-state index is 0.0314. The van der Waals surface area contributed by atoms with E-state index in [0.717, 1.165) is 12.8 Å². The molecular weight excluding hydrogens is 249 g/mol. The van der Waals surface area contributed by atoms with Crippen molar-refractivity contribution in [1.82, 2.24) is 5.32 Å². The number of carboxylic acids is 1. The van der Waals surface area contributed by atoms with Crippen LogP contribution in [-0.4, -0.2) is 23.0 Å². The van der Waals surface area contributed by atoms with Crippen LogP contribution in [0.15, 0.2) is 18.2 Å². The summed E-state index contributed by atoms with van der Waals surface area (Å²) in [7, 11) is 0. The lowest BCUT2D eigenvalue weighted by Gasteiger charge is -2.16. The van der Waals surface area contributed by atoms with Gasteiger partial charge in [0.05, 0.1) is 12.0 Å². The van der Waals surface area contributed by atoms with E-state index in [1.807, 2.05) is 0 Å². The first kappa shape index (κ1) is 13.5. The van der Waals surface area contributed by atoms with Crippen LogP contribution in [0.5, 0.6) is 0 Å². The summed E-state index contributed by atoms with van der Waals surface area (Å²) in [5.41, 5.74) is 0.366. The van der Waals surface area contributed by atoms with Gasteiger partial charge >= 0.3 is 5.97 Å². The van der Waals surface area contributed by atoms with Gasteiger partial charge in [-0.15, -0.1) is 0 Å². The van der Waals surface area contributed by atoms with Gasteiger partial charge in [0.1, 0.15) is 5.82 Å². The highest BCUT2D eigenvalue weighted by Crippen LogP contribution is 2.34. The molecule has 1 aliphatic rings. The maximum Gasteiger partial charge on any atom is 0.305 e. The summed E-state index contributed by atoms with van der Waals surface area (Å²) in [6.07, 6.45) is 1.70. The van der Waals surface area contributed by atoms with E-state index in [0.29, 0.717) is 5.56 Å². The summed E-state index contributed by atoms with van der Waals surface area (Å²) < 4.78 is 13.8. The summed E-state index contributed by atoms with van der Waals surface area (Å²) in [5, 5.41) is 11.5. The molecule has 19 heavy (non-hydrogen) atoms. The summed E-state index contributed by atoms with van der Waals surface area (Å²) >= 11 is 0. The van der Waals surface area contributed by atoms with Gasteiger partial charge < -0.3 is 10.4 Å². The maximum atomic E-state index is 13.8. The molecule has 1 saturated carbocycles. The number of halogens is 1. The molecule has 1 aromatic rings. The van der Waals surface area contributed by atoms with Crippen molar-refractivity contribution in [3.63, 3.8) is 0 Å². The average Bonchev–Trinajstić information content (AvgIpc) is 3.15. The van der Waals surface area contributed by atoms with Gasteiger partial charge in [-0.3, -0.25) is 9.59 Å². The van der Waals surface area contributed by atoms with Crippen LogP contribution < -0.4 is 5.32 Å². The Morgan fingerprint density at radius 1 is 1.47 bits per heavy atom. The van der Waals surface area contributed by atoms with Gasteiger partial charge in [0.25, 0.3) is 5.91 Å². The Bertz CT molecular complexity index is 511. The summed E-state index contributed by atoms with van der Waals surface area (Å²) in [4.78, 5) is 22.8. The van der Waals surface area contributed by atoms with Crippen LogP contribution >= 0.6 is 0 Å². The molecule has 5 heteroatoms. The molecule has 1 aromatic carbocycles. The first-order valence-corrected chi connectivity index (χ1v) is 6.27. The Kier molecular flexibility index (Phi) is 3.83. The normalized spacial score (nSPS) is 15.9. The number of amides is 1. The highest BCUT2D eigenvalue weighted by molar-refractivity contribution is 5.95. The average molecular weight is 265 g/mol. The van der Waals surface area contributed by atoms with Crippen molar-refractivity contribution < 1.29 is 19.1 Å². The molecule has 0 aliphatic heterocycles. The number of rotatable bonds is 5. The van der Waals surface area contributed by atoms with Gasteiger partial charge in [-0.05, 0) is 37.3 Å². The lowest BCUT2D eigenvalue weighted by Crippen LogP contribution is -2.38. The molecule has 2 N–H and O–H groups in total. The summed E-state index contributed by atoms with van der Waals surface area (Å²) in [6.45, 7) is 1.59. The van der Waals surface area contributed by atoms with Gasteiger partial charge in [-0.2, -0.15) is 0 Å². The second kappa shape index (κ2) is 5.38. The first-order chi connectivity index (χ1) is 8.99. The first-order valence-electron chi connectivity index (χ1n) is 6.27. The quantitative estimate of drug-likeness (QED) is 0.857. The van der Waals surface area contributed by atoms with Gasteiger partial charge in [-0.1, -0.05) is 12.1 Å². The van der Waals surface area contributed by atoms with Crippen LogP contribution in [0.4, 0.5) is 4.39 Å². The molecule has 102 valence electrons. The third-order valence-corrected chi connectivity index (χ3v) is 3.34. The van der Waals surface area contributed by atoms with E-state index >= 15 is 0 Å². The van der Waals surface area contributed by atoms with Crippen LogP contribution in [0.25, 0.3) is 0 Å². The van der Waals surface area contributed by atoms with Gasteiger partial charge in [-0.25, -0.2) is 4.39 Å². The fourth-order valence-corrected chi connectivity index (χ4v) is 2.09. The fraction of sp³-hybridized carbons (Fsp3) is 0.429. The molecule has 0 aromatic heterocycles. The number of carboxylic acid groups (broad SMARTS) is 1. The SMILES string of the molecule is Cc1cccc(C(=O)NC(CC(=O)O)C2CC2)c1F. The third kappa shape index (κ3) is 3.30. The minimum Gasteiger partial charge on any atom is -0.481 e. The Balaban J connectivity index is 2.10. The van der Waals surface area contributed by atoms with Crippen molar-refractivity contribution in [2.24, 2.45) is 5.92 Å². The number of hydrogen-bond acceptors (Lipinski definition) is 2. The molecule has 1 unspecified atom stereocenters. The number of hydrogen-bond donors (Lipinski definition) is 2. The summed E-state index contributed by atoms with van der Waals surface area (Å²) in [6, 6.07) is 4.19. The Morgan fingerprint density at radius 3 is 2.74 bits per heavy atom. The van der Waals surface area contributed by atoms with Crippen molar-refractivity contribution >= 4 is 11.9 Å². The molecule has 1 aliphatic carbocycles. The van der Waals surface area contributed by atoms with E-state index in [1.165, 1.54) is 6.07 Å². The van der Waals surface area contributed by atoms with Crippen molar-refractivity contribution in [3.05, 3.63) is 35.1 Å². The number of aliphatic carboxylic acids is 1. The van der Waals surface area contributed by atoms with E-state index in [-0.39, 0.29) is 17.9 Å². The van der Waals surface area contributed by atoms with E-state index in [9.17, 15) is 14.0 Å². The number of benzene rings is 1. The molecule has 1 amide bonds. The lowest BCUT2D eigenvalue weighted by molar-refractivity contribution is -0.137. The second-order valence-electron chi connectivity index (χ2n) is 4.95. The Morgan fingerprint density at radius 2 is 2.16 bits per heavy atom. The molecule has 4 nitrogen and oxygen atoms in total. The van der Waals surface area contributed by atoms with Crippen molar-refractivity contribution in [2.45, 2.75) is 32.2 Å². The van der Waals surface area contributed by atoms with Crippen molar-refractivity contribution in [1.29, 1.82) is 0 Å². The van der Waals surface area contributed by atoms with Crippen LogP contribution in [0.3, 0.4) is 0 Å². The second-order valence-corrected chi connectivity index (χ2v) is 4.95. The van der Waals surface area contributed by atoms with E-state index in [2.05, 4.69) is 5.32 Å². The highest BCUT2D eigenvalue weighted by Gasteiger charge is 2.34. The van der Waals surface area contributed by atoms with E-state index in [1.54, 1.807) is 19.1 Å². The molecule has 0 saturated heterocycles. The van der Waals surface area contributed by atoms with Crippen molar-refractivity contribution in [3.8, 4) is 0 Å². The molecule has 0 bridgehead atoms. The zero-order valence-electron chi connectivity index (χ0n) is 10.6. The van der Waals surface area contributed by atoms with Crippen LogP contribution in [0, 0.1) is 18.7 Å². The highest BCUT2D eigenvalue weighted by atomic mass is 19.1. The Hall–Kier alpha value is -1.91. The maximum absolute atomic E-state index is 13.8. The largest absolute Gasteiger partial charge is 0.481 e. The monoisotopic (exact) mass is 265 g/mol. The molecule has 1 atom stereocenters. The summed E-state index contributed by atoms with van der Waals surface area (Å²) in [5.74, 6) is -1.85. The van der Waals surface area contributed by atoms with Gasteiger partial charge in [0, 0.05) is 6.04 Å². The van der Waals surface area contributed by atoms with Crippen LogP contribution in [0.1, 0.15) is 35.2 Å². The van der Waals surface area contributed by atoms with Crippen LogP contribution in [0.2, 0.25) is 0 Å². The van der Waals surface area contributed by atoms with Gasteiger partial charge in [0.15, 0.2) is 0 Å². The van der Waals surface area contributed by atoms with Crippen LogP contribution in [-0.2, 0) is 4.79 Å². The number of aryl methyl sites for hydroxylation is 1. The minimum atomic E-state index is -0.957. The fourth-order valence-electron chi connectivity index (χ4n) is 2.09. The number of nitrogens with one attached hydrogen (secondary N) is 1.